The van der Waals surface area contributed by atoms with Gasteiger partial charge in [0.05, 0.1) is 7.11 Å². The molecule has 0 radical (unpaired) electrons. The number of hydrogen-bond acceptors (Lipinski definition) is 2. The van der Waals surface area contributed by atoms with Crippen LogP contribution in [0.15, 0.2) is 24.3 Å². The molecule has 0 atom stereocenters. The predicted octanol–water partition coefficient (Wildman–Crippen LogP) is 2.76. The second-order valence-corrected chi connectivity index (χ2v) is 3.80. The Balaban J connectivity index is 2.90. The Labute approximate surface area is 91.2 Å². The van der Waals surface area contributed by atoms with Crippen LogP contribution in [0.3, 0.4) is 0 Å². The number of ether oxygens (including phenoxy) is 1. The van der Waals surface area contributed by atoms with Gasteiger partial charge in [-0.25, -0.2) is 0 Å². The van der Waals surface area contributed by atoms with Gasteiger partial charge >= 0.3 is 0 Å². The van der Waals surface area contributed by atoms with Crippen molar-refractivity contribution in [2.24, 2.45) is 5.92 Å². The van der Waals surface area contributed by atoms with Gasteiger partial charge in [0.1, 0.15) is 11.6 Å². The molecule has 0 aromatic heterocycles. The van der Waals surface area contributed by atoms with Crippen LogP contribution in [-0.4, -0.2) is 20.0 Å². The van der Waals surface area contributed by atoms with Crippen molar-refractivity contribution < 1.29 is 4.74 Å². The summed E-state index contributed by atoms with van der Waals surface area (Å²) in [6.07, 6.45) is 0. The van der Waals surface area contributed by atoms with Gasteiger partial charge in [0.25, 0.3) is 0 Å². The van der Waals surface area contributed by atoms with Crippen molar-refractivity contribution >= 4 is 11.5 Å². The third kappa shape index (κ3) is 2.72. The number of nitrogens with one attached hydrogen (secondary N) is 1. The number of nitrogens with zero attached hydrogens (tertiary/aromatic N) is 1. The summed E-state index contributed by atoms with van der Waals surface area (Å²) in [7, 11) is 3.55. The van der Waals surface area contributed by atoms with Crippen molar-refractivity contribution in [3.05, 3.63) is 24.3 Å². The molecule has 0 aliphatic rings. The molecule has 82 valence electrons. The summed E-state index contributed by atoms with van der Waals surface area (Å²) in [5.74, 6) is 1.64. The van der Waals surface area contributed by atoms with Crippen LogP contribution < -0.4 is 9.64 Å². The maximum atomic E-state index is 7.90. The smallest absolute Gasteiger partial charge is 0.120 e. The Kier molecular flexibility index (Phi) is 3.72. The molecule has 15 heavy (non-hydrogen) atoms. The van der Waals surface area contributed by atoms with Crippen LogP contribution in [0.1, 0.15) is 13.8 Å². The molecule has 0 aliphatic carbocycles. The van der Waals surface area contributed by atoms with Gasteiger partial charge in [-0.15, -0.1) is 0 Å². The first kappa shape index (κ1) is 11.6. The lowest BCUT2D eigenvalue weighted by Gasteiger charge is -2.22. The Bertz CT molecular complexity index is 347. The van der Waals surface area contributed by atoms with E-state index in [1.165, 1.54) is 0 Å². The largest absolute Gasteiger partial charge is 0.497 e. The zero-order valence-electron chi connectivity index (χ0n) is 9.74. The highest BCUT2D eigenvalue weighted by Crippen LogP contribution is 2.21. The molecule has 1 aromatic carbocycles. The minimum atomic E-state index is 0.223. The van der Waals surface area contributed by atoms with Crippen molar-refractivity contribution in [2.45, 2.75) is 13.8 Å². The molecule has 0 aliphatic heterocycles. The third-order valence-electron chi connectivity index (χ3n) is 2.35. The van der Waals surface area contributed by atoms with E-state index in [4.69, 9.17) is 10.1 Å². The molecule has 0 heterocycles. The molecule has 0 saturated carbocycles. The van der Waals surface area contributed by atoms with Gasteiger partial charge in [0.2, 0.25) is 0 Å². The van der Waals surface area contributed by atoms with Gasteiger partial charge in [-0.2, -0.15) is 0 Å². The topological polar surface area (TPSA) is 36.3 Å². The maximum Gasteiger partial charge on any atom is 0.120 e. The number of benzene rings is 1. The van der Waals surface area contributed by atoms with Gasteiger partial charge in [0.15, 0.2) is 0 Å². The van der Waals surface area contributed by atoms with Crippen molar-refractivity contribution in [3.8, 4) is 5.75 Å². The fraction of sp³-hybridized carbons (Fsp3) is 0.417. The van der Waals surface area contributed by atoms with Crippen molar-refractivity contribution in [3.63, 3.8) is 0 Å². The van der Waals surface area contributed by atoms with Crippen molar-refractivity contribution in [1.82, 2.24) is 0 Å². The zero-order valence-corrected chi connectivity index (χ0v) is 9.74. The lowest BCUT2D eigenvalue weighted by molar-refractivity contribution is 0.415. The van der Waals surface area contributed by atoms with Gasteiger partial charge in [-0.05, 0) is 12.1 Å². The average Bonchev–Trinajstić information content (AvgIpc) is 2.27. The highest BCUT2D eigenvalue weighted by atomic mass is 16.5. The average molecular weight is 206 g/mol. The Hall–Kier alpha value is -1.51. The van der Waals surface area contributed by atoms with E-state index in [0.717, 1.165) is 11.4 Å². The van der Waals surface area contributed by atoms with Crippen LogP contribution in [0, 0.1) is 11.3 Å². The zero-order chi connectivity index (χ0) is 11.4. The summed E-state index contributed by atoms with van der Waals surface area (Å²) in [6.45, 7) is 4.03. The Morgan fingerprint density at radius 1 is 1.40 bits per heavy atom. The fourth-order valence-corrected chi connectivity index (χ4v) is 1.35. The highest BCUT2D eigenvalue weighted by Gasteiger charge is 2.10. The molecule has 0 bridgehead atoms. The van der Waals surface area contributed by atoms with E-state index in [2.05, 4.69) is 0 Å². The normalized spacial score (nSPS) is 10.2. The minimum absolute atomic E-state index is 0.223. The van der Waals surface area contributed by atoms with E-state index in [0.29, 0.717) is 5.84 Å². The quantitative estimate of drug-likeness (QED) is 0.609. The maximum absolute atomic E-state index is 7.90. The van der Waals surface area contributed by atoms with Crippen LogP contribution in [0.4, 0.5) is 5.69 Å². The summed E-state index contributed by atoms with van der Waals surface area (Å²) >= 11 is 0. The van der Waals surface area contributed by atoms with Crippen LogP contribution in [-0.2, 0) is 0 Å². The van der Waals surface area contributed by atoms with Crippen molar-refractivity contribution in [2.75, 3.05) is 19.1 Å². The Morgan fingerprint density at radius 2 is 2.07 bits per heavy atom. The van der Waals surface area contributed by atoms with Gasteiger partial charge in [0, 0.05) is 24.7 Å². The van der Waals surface area contributed by atoms with Crippen molar-refractivity contribution in [1.29, 1.82) is 5.41 Å². The monoisotopic (exact) mass is 206 g/mol. The molecule has 3 heteroatoms. The number of amidine groups is 1. The summed E-state index contributed by atoms with van der Waals surface area (Å²) < 4.78 is 5.15. The first-order valence-electron chi connectivity index (χ1n) is 5.02. The molecule has 0 amide bonds. The van der Waals surface area contributed by atoms with Gasteiger partial charge in [-0.1, -0.05) is 19.9 Å². The Morgan fingerprint density at radius 3 is 2.60 bits per heavy atom. The standard InChI is InChI=1S/C12H18N2O/c1-9(2)12(13)14(3)10-6-5-7-11(8-10)15-4/h5-9,13H,1-4H3. The first-order chi connectivity index (χ1) is 7.06. The summed E-state index contributed by atoms with van der Waals surface area (Å²) in [5, 5.41) is 7.90. The third-order valence-corrected chi connectivity index (χ3v) is 2.35. The minimum Gasteiger partial charge on any atom is -0.497 e. The molecular weight excluding hydrogens is 188 g/mol. The second-order valence-electron chi connectivity index (χ2n) is 3.80. The van der Waals surface area contributed by atoms with Crippen LogP contribution >= 0.6 is 0 Å². The number of rotatable bonds is 3. The molecule has 0 unspecified atom stereocenters. The van der Waals surface area contributed by atoms with Crippen LogP contribution in [0.25, 0.3) is 0 Å². The summed E-state index contributed by atoms with van der Waals surface area (Å²) in [5.41, 5.74) is 0.980. The molecule has 1 rings (SSSR count). The molecule has 3 nitrogen and oxygen atoms in total. The first-order valence-corrected chi connectivity index (χ1v) is 5.02. The lowest BCUT2D eigenvalue weighted by atomic mass is 10.1. The molecule has 1 N–H and O–H groups in total. The SMILES string of the molecule is COc1cccc(N(C)C(=N)C(C)C)c1. The fourth-order valence-electron chi connectivity index (χ4n) is 1.35. The number of methoxy groups -OCH3 is 1. The van der Waals surface area contributed by atoms with E-state index in [1.54, 1.807) is 7.11 Å². The van der Waals surface area contributed by atoms with E-state index in [1.807, 2.05) is 50.1 Å². The molecule has 0 spiro atoms. The predicted molar refractivity (Wildman–Crippen MR) is 64.0 cm³/mol. The number of hydrogen-bond donors (Lipinski definition) is 1. The molecule has 0 fully saturated rings. The molecular formula is C12H18N2O. The van der Waals surface area contributed by atoms with E-state index >= 15 is 0 Å². The van der Waals surface area contributed by atoms with Crippen LogP contribution in [0.2, 0.25) is 0 Å². The molecule has 0 saturated heterocycles. The van der Waals surface area contributed by atoms with E-state index < -0.39 is 0 Å². The second kappa shape index (κ2) is 4.82. The molecule has 1 aromatic rings. The van der Waals surface area contributed by atoms with Gasteiger partial charge in [-0.3, -0.25) is 5.41 Å². The highest BCUT2D eigenvalue weighted by molar-refractivity contribution is 5.96. The van der Waals surface area contributed by atoms with E-state index in [-0.39, 0.29) is 5.92 Å². The van der Waals surface area contributed by atoms with Gasteiger partial charge < -0.3 is 9.64 Å². The number of anilines is 1. The summed E-state index contributed by atoms with van der Waals surface area (Å²) in [4.78, 5) is 1.87. The lowest BCUT2D eigenvalue weighted by Crippen LogP contribution is -2.29. The van der Waals surface area contributed by atoms with Crippen LogP contribution in [0.5, 0.6) is 5.75 Å². The summed E-state index contributed by atoms with van der Waals surface area (Å²) in [6, 6.07) is 7.73. The van der Waals surface area contributed by atoms with E-state index in [9.17, 15) is 0 Å².